The monoisotopic (exact) mass is 352 g/mol. The van der Waals surface area contributed by atoms with E-state index in [1.54, 1.807) is 0 Å². The molecule has 116 valence electrons. The molecule has 2 rings (SSSR count). The van der Waals surface area contributed by atoms with E-state index in [-0.39, 0.29) is 5.78 Å². The molecule has 1 aliphatic rings. The van der Waals surface area contributed by atoms with E-state index >= 15 is 0 Å². The number of benzene rings is 1. The zero-order valence-electron chi connectivity index (χ0n) is 12.9. The van der Waals surface area contributed by atoms with E-state index in [1.807, 2.05) is 18.2 Å². The first-order chi connectivity index (χ1) is 10.2. The van der Waals surface area contributed by atoms with Crippen LogP contribution in [0.1, 0.15) is 68.6 Å². The molecule has 0 amide bonds. The molecule has 0 unspecified atom stereocenters. The Hall–Kier alpha value is -0.830. The van der Waals surface area contributed by atoms with Gasteiger partial charge in [0, 0.05) is 12.0 Å². The number of hydrogen-bond acceptors (Lipinski definition) is 2. The molecule has 0 N–H and O–H groups in total. The van der Waals surface area contributed by atoms with Gasteiger partial charge in [-0.2, -0.15) is 0 Å². The summed E-state index contributed by atoms with van der Waals surface area (Å²) in [7, 11) is 0. The van der Waals surface area contributed by atoms with Crippen molar-refractivity contribution < 1.29 is 9.53 Å². The van der Waals surface area contributed by atoms with Crippen LogP contribution < -0.4 is 4.74 Å². The molecule has 21 heavy (non-hydrogen) atoms. The van der Waals surface area contributed by atoms with Crippen molar-refractivity contribution in [3.63, 3.8) is 0 Å². The zero-order chi connectivity index (χ0) is 15.1. The van der Waals surface area contributed by atoms with E-state index in [0.717, 1.165) is 22.2 Å². The molecule has 0 atom stereocenters. The summed E-state index contributed by atoms with van der Waals surface area (Å²) in [6, 6.07) is 5.71. The Bertz CT molecular complexity index is 462. The van der Waals surface area contributed by atoms with Crippen molar-refractivity contribution >= 4 is 21.7 Å². The lowest BCUT2D eigenvalue weighted by Crippen LogP contribution is -2.08. The largest absolute Gasteiger partial charge is 0.492 e. The maximum atomic E-state index is 12.4. The summed E-state index contributed by atoms with van der Waals surface area (Å²) in [4.78, 5) is 12.4. The van der Waals surface area contributed by atoms with E-state index in [2.05, 4.69) is 22.9 Å². The van der Waals surface area contributed by atoms with E-state index < -0.39 is 0 Å². The molecule has 0 saturated heterocycles. The zero-order valence-corrected chi connectivity index (χ0v) is 14.5. The van der Waals surface area contributed by atoms with Crippen LogP contribution in [0.5, 0.6) is 5.75 Å². The lowest BCUT2D eigenvalue weighted by atomic mass is 9.92. The summed E-state index contributed by atoms with van der Waals surface area (Å²) in [6.45, 7) is 2.78. The Kier molecular flexibility index (Phi) is 6.75. The highest BCUT2D eigenvalue weighted by atomic mass is 79.9. The average Bonchev–Trinajstić information content (AvgIpc) is 2.74. The van der Waals surface area contributed by atoms with E-state index in [1.165, 1.54) is 38.5 Å². The van der Waals surface area contributed by atoms with Crippen molar-refractivity contribution in [2.45, 2.75) is 58.3 Å². The Labute approximate surface area is 136 Å². The van der Waals surface area contributed by atoms with Crippen molar-refractivity contribution in [3.05, 3.63) is 28.2 Å². The van der Waals surface area contributed by atoms with Crippen LogP contribution in [0.3, 0.4) is 0 Å². The average molecular weight is 353 g/mol. The number of rotatable bonds is 6. The van der Waals surface area contributed by atoms with Crippen LogP contribution in [0.2, 0.25) is 0 Å². The summed E-state index contributed by atoms with van der Waals surface area (Å²) in [5.74, 6) is 1.67. The van der Waals surface area contributed by atoms with Crippen LogP contribution in [0.4, 0.5) is 0 Å². The molecule has 1 fully saturated rings. The van der Waals surface area contributed by atoms with Gasteiger partial charge < -0.3 is 4.74 Å². The molecule has 0 heterocycles. The third-order valence-corrected chi connectivity index (χ3v) is 4.78. The van der Waals surface area contributed by atoms with Crippen molar-refractivity contribution in [1.82, 2.24) is 0 Å². The first kappa shape index (κ1) is 16.5. The Morgan fingerprint density at radius 3 is 2.57 bits per heavy atom. The van der Waals surface area contributed by atoms with E-state index in [9.17, 15) is 4.79 Å². The number of hydrogen-bond donors (Lipinski definition) is 0. The van der Waals surface area contributed by atoms with Gasteiger partial charge in [-0.3, -0.25) is 4.79 Å². The standard InChI is InChI=1S/C18H25BrO2/c1-2-11-21-18-10-9-15(13-16(18)19)17(20)12-14-7-5-3-4-6-8-14/h9-10,13-14H,2-8,11-12H2,1H3. The second-order valence-electron chi connectivity index (χ2n) is 5.98. The molecule has 0 aliphatic heterocycles. The minimum Gasteiger partial charge on any atom is -0.492 e. The number of carbonyl (C=O) groups is 1. The van der Waals surface area contributed by atoms with Crippen molar-refractivity contribution in [1.29, 1.82) is 0 Å². The first-order valence-corrected chi connectivity index (χ1v) is 8.95. The maximum absolute atomic E-state index is 12.4. The molecule has 0 aromatic heterocycles. The summed E-state index contributed by atoms with van der Waals surface area (Å²) in [5, 5.41) is 0. The summed E-state index contributed by atoms with van der Waals surface area (Å²) in [5.41, 5.74) is 0.801. The fourth-order valence-electron chi connectivity index (χ4n) is 2.95. The molecule has 1 aromatic carbocycles. The predicted molar refractivity (Wildman–Crippen MR) is 90.1 cm³/mol. The molecule has 0 bridgehead atoms. The van der Waals surface area contributed by atoms with Gasteiger partial charge in [0.05, 0.1) is 11.1 Å². The second kappa shape index (κ2) is 8.57. The van der Waals surface area contributed by atoms with Crippen molar-refractivity contribution in [2.24, 2.45) is 5.92 Å². The van der Waals surface area contributed by atoms with Gasteiger partial charge in [-0.25, -0.2) is 0 Å². The normalized spacial score (nSPS) is 16.5. The molecule has 2 nitrogen and oxygen atoms in total. The predicted octanol–water partition coefficient (Wildman–Crippen LogP) is 5.78. The summed E-state index contributed by atoms with van der Waals surface area (Å²) < 4.78 is 6.51. The Morgan fingerprint density at radius 2 is 1.95 bits per heavy atom. The van der Waals surface area contributed by atoms with Crippen LogP contribution in [0, 0.1) is 5.92 Å². The quantitative estimate of drug-likeness (QED) is 0.479. The fraction of sp³-hybridized carbons (Fsp3) is 0.611. The minimum atomic E-state index is 0.268. The summed E-state index contributed by atoms with van der Waals surface area (Å²) >= 11 is 3.51. The smallest absolute Gasteiger partial charge is 0.163 e. The van der Waals surface area contributed by atoms with Crippen LogP contribution in [-0.2, 0) is 0 Å². The van der Waals surface area contributed by atoms with Crippen molar-refractivity contribution in [2.75, 3.05) is 6.61 Å². The Morgan fingerprint density at radius 1 is 1.24 bits per heavy atom. The fourth-order valence-corrected chi connectivity index (χ4v) is 3.44. The van der Waals surface area contributed by atoms with E-state index in [4.69, 9.17) is 4.74 Å². The topological polar surface area (TPSA) is 26.3 Å². The number of ether oxygens (including phenoxy) is 1. The molecular weight excluding hydrogens is 328 g/mol. The van der Waals surface area contributed by atoms with Crippen LogP contribution in [-0.4, -0.2) is 12.4 Å². The third-order valence-electron chi connectivity index (χ3n) is 4.16. The molecule has 0 radical (unpaired) electrons. The van der Waals surface area contributed by atoms with Crippen LogP contribution >= 0.6 is 15.9 Å². The third kappa shape index (κ3) is 5.14. The molecule has 1 saturated carbocycles. The van der Waals surface area contributed by atoms with Gasteiger partial charge >= 0.3 is 0 Å². The minimum absolute atomic E-state index is 0.268. The van der Waals surface area contributed by atoms with Crippen LogP contribution in [0.25, 0.3) is 0 Å². The van der Waals surface area contributed by atoms with E-state index in [0.29, 0.717) is 18.9 Å². The SMILES string of the molecule is CCCOc1ccc(C(=O)CC2CCCCCC2)cc1Br. The maximum Gasteiger partial charge on any atom is 0.163 e. The van der Waals surface area contributed by atoms with Gasteiger partial charge in [0.1, 0.15) is 5.75 Å². The molecule has 1 aromatic rings. The summed E-state index contributed by atoms with van der Waals surface area (Å²) in [6.07, 6.45) is 9.34. The van der Waals surface area contributed by atoms with Gasteiger partial charge in [0.25, 0.3) is 0 Å². The molecule has 3 heteroatoms. The highest BCUT2D eigenvalue weighted by molar-refractivity contribution is 9.10. The van der Waals surface area contributed by atoms with Gasteiger partial charge in [-0.15, -0.1) is 0 Å². The lowest BCUT2D eigenvalue weighted by Gasteiger charge is -2.13. The lowest BCUT2D eigenvalue weighted by molar-refractivity contribution is 0.0957. The highest BCUT2D eigenvalue weighted by Gasteiger charge is 2.17. The molecule has 1 aliphatic carbocycles. The van der Waals surface area contributed by atoms with Gasteiger partial charge in [0.2, 0.25) is 0 Å². The second-order valence-corrected chi connectivity index (χ2v) is 6.83. The molecule has 0 spiro atoms. The molecular formula is C18H25BrO2. The van der Waals surface area contributed by atoms with Crippen LogP contribution in [0.15, 0.2) is 22.7 Å². The first-order valence-electron chi connectivity index (χ1n) is 8.16. The number of Topliss-reactive ketones (excluding diaryl/α,β-unsaturated/α-hetero) is 1. The number of carbonyl (C=O) groups excluding carboxylic acids is 1. The van der Waals surface area contributed by atoms with Gasteiger partial charge in [0.15, 0.2) is 5.78 Å². The van der Waals surface area contributed by atoms with Gasteiger partial charge in [-0.1, -0.05) is 45.4 Å². The highest BCUT2D eigenvalue weighted by Crippen LogP contribution is 2.29. The number of ketones is 1. The van der Waals surface area contributed by atoms with Crippen molar-refractivity contribution in [3.8, 4) is 5.75 Å². The number of halogens is 1. The Balaban J connectivity index is 1.96. The van der Waals surface area contributed by atoms with Gasteiger partial charge in [-0.05, 0) is 46.5 Å².